The summed E-state index contributed by atoms with van der Waals surface area (Å²) in [5.41, 5.74) is 1.73. The molecule has 2 aromatic carbocycles. The largest absolute Gasteiger partial charge is 0.453 e. The summed E-state index contributed by atoms with van der Waals surface area (Å²) in [5.74, 6) is 0. The third kappa shape index (κ3) is 7.25. The lowest BCUT2D eigenvalue weighted by Crippen LogP contribution is -2.01. The summed E-state index contributed by atoms with van der Waals surface area (Å²) < 4.78 is 17.8. The van der Waals surface area contributed by atoms with Crippen LogP contribution in [0.4, 0.5) is 9.59 Å². The molecule has 23 heavy (non-hydrogen) atoms. The number of rotatable bonds is 6. The predicted molar refractivity (Wildman–Crippen MR) is 93.3 cm³/mol. The van der Waals surface area contributed by atoms with Crippen molar-refractivity contribution in [2.45, 2.75) is 13.2 Å². The second-order valence-electron chi connectivity index (χ2n) is 4.38. The second kappa shape index (κ2) is 9.97. The molecule has 120 valence electrons. The predicted octanol–water partition coefficient (Wildman–Crippen LogP) is 5.08. The molecule has 0 spiro atoms. The lowest BCUT2D eigenvalue weighted by Gasteiger charge is -2.05. The summed E-state index contributed by atoms with van der Waals surface area (Å²) in [6, 6.07) is 18.5. The normalized spacial score (nSPS) is 10.9. The van der Waals surface area contributed by atoms with E-state index in [-0.39, 0.29) is 13.2 Å². The first-order valence-electron chi connectivity index (χ1n) is 7.38. The van der Waals surface area contributed by atoms with Gasteiger partial charge in [0.25, 0.3) is 0 Å². The summed E-state index contributed by atoms with van der Waals surface area (Å²) in [7, 11) is 0. The second-order valence-corrected chi connectivity index (χ2v) is 6.29. The average Bonchev–Trinajstić information content (AvgIpc) is 2.60. The van der Waals surface area contributed by atoms with Crippen LogP contribution in [0.2, 0.25) is 0 Å². The molecule has 4 nitrogen and oxygen atoms in total. The fourth-order valence-electron chi connectivity index (χ4n) is 1.60. The Kier molecular flexibility index (Phi) is 6.92. The first-order chi connectivity index (χ1) is 11.6. The number of carbonyl (C=O) groups is 2. The standard InChI is InChI=1S/C17H16O4S2/c18-16(20-11-14-7-3-1-4-8-14)22-13-23-17(19)21-12-15-9-5-2-6-10-15/h1-10H,11-13H2/i13T. The minimum Gasteiger partial charge on any atom is -0.453 e. The van der Waals surface area contributed by atoms with Gasteiger partial charge in [0.15, 0.2) is 0 Å². The molecule has 2 rings (SSSR count). The van der Waals surface area contributed by atoms with Crippen LogP contribution in [-0.2, 0) is 22.7 Å². The number of thioether (sulfide) groups is 2. The van der Waals surface area contributed by atoms with Gasteiger partial charge in [-0.3, -0.25) is 0 Å². The fraction of sp³-hybridized carbons (Fsp3) is 0.176. The van der Waals surface area contributed by atoms with Gasteiger partial charge in [-0.2, -0.15) is 0 Å². The van der Waals surface area contributed by atoms with Crippen LogP contribution in [0.1, 0.15) is 12.5 Å². The van der Waals surface area contributed by atoms with Crippen molar-refractivity contribution in [2.24, 2.45) is 0 Å². The van der Waals surface area contributed by atoms with E-state index in [1.165, 1.54) is 0 Å². The Morgan fingerprint density at radius 1 is 0.783 bits per heavy atom. The highest BCUT2D eigenvalue weighted by atomic mass is 32.2. The Morgan fingerprint density at radius 2 is 1.17 bits per heavy atom. The maximum Gasteiger partial charge on any atom is 0.368 e. The van der Waals surface area contributed by atoms with E-state index in [0.717, 1.165) is 11.1 Å². The Bertz CT molecular complexity index is 595. The molecule has 0 heterocycles. The van der Waals surface area contributed by atoms with Gasteiger partial charge < -0.3 is 9.47 Å². The molecule has 0 atom stereocenters. The molecule has 0 saturated carbocycles. The molecule has 0 aliphatic rings. The summed E-state index contributed by atoms with van der Waals surface area (Å²) in [6.07, 6.45) is 0. The van der Waals surface area contributed by atoms with E-state index in [9.17, 15) is 9.59 Å². The monoisotopic (exact) mass is 350 g/mol. The number of ether oxygens (including phenoxy) is 2. The van der Waals surface area contributed by atoms with Gasteiger partial charge in [-0.25, -0.2) is 9.59 Å². The quantitative estimate of drug-likeness (QED) is 0.535. The van der Waals surface area contributed by atoms with Gasteiger partial charge >= 0.3 is 10.6 Å². The van der Waals surface area contributed by atoms with Gasteiger partial charge in [0, 0.05) is 0 Å². The Labute approximate surface area is 145 Å². The first-order valence-corrected chi connectivity index (χ1v) is 8.56. The smallest absolute Gasteiger partial charge is 0.368 e. The van der Waals surface area contributed by atoms with Crippen LogP contribution in [0, 0.1) is 0 Å². The number of hydrogen-bond donors (Lipinski definition) is 0. The topological polar surface area (TPSA) is 52.6 Å². The molecule has 2 aromatic rings. The minimum atomic E-state index is -1.03. The number of benzene rings is 2. The Balaban J connectivity index is 1.65. The molecule has 0 bridgehead atoms. The molecule has 0 N–H and O–H groups in total. The number of hydrogen-bond acceptors (Lipinski definition) is 6. The highest BCUT2D eigenvalue weighted by Gasteiger charge is 2.09. The summed E-state index contributed by atoms with van der Waals surface area (Å²) in [5, 5.41) is -2.22. The molecule has 0 saturated heterocycles. The van der Waals surface area contributed by atoms with Gasteiger partial charge in [-0.15, -0.1) is 0 Å². The van der Waals surface area contributed by atoms with E-state index in [1.807, 2.05) is 60.7 Å². The van der Waals surface area contributed by atoms with Crippen LogP contribution in [-0.4, -0.2) is 15.7 Å². The van der Waals surface area contributed by atoms with Gasteiger partial charge in [-0.1, -0.05) is 60.7 Å². The molecular weight excluding hydrogens is 332 g/mol. The minimum absolute atomic E-state index is 0.141. The highest BCUT2D eigenvalue weighted by molar-refractivity contribution is 8.28. The van der Waals surface area contributed by atoms with Crippen molar-refractivity contribution in [3.8, 4) is 0 Å². The molecular formula is C17H16O4S2. The van der Waals surface area contributed by atoms with Gasteiger partial charge in [0.1, 0.15) is 13.2 Å². The zero-order chi connectivity index (χ0) is 17.2. The van der Waals surface area contributed by atoms with Gasteiger partial charge in [0.05, 0.1) is 6.43 Å². The zero-order valence-electron chi connectivity index (χ0n) is 13.2. The van der Waals surface area contributed by atoms with Crippen molar-refractivity contribution in [2.75, 3.05) is 5.06 Å². The van der Waals surface area contributed by atoms with Crippen molar-refractivity contribution in [3.63, 3.8) is 0 Å². The average molecular weight is 350 g/mol. The lowest BCUT2D eigenvalue weighted by molar-refractivity contribution is 0.168. The SMILES string of the molecule is [3H]C(SC(=O)OCc1ccccc1)SC(=O)OCc1ccccc1. The van der Waals surface area contributed by atoms with E-state index in [0.29, 0.717) is 23.5 Å². The molecule has 0 fully saturated rings. The molecule has 0 radical (unpaired) electrons. The molecule has 0 amide bonds. The van der Waals surface area contributed by atoms with Crippen molar-refractivity contribution >= 4 is 34.1 Å². The maximum atomic E-state index is 11.6. The van der Waals surface area contributed by atoms with Crippen LogP contribution >= 0.6 is 23.5 Å². The van der Waals surface area contributed by atoms with Crippen LogP contribution in [0.5, 0.6) is 0 Å². The fourth-order valence-corrected chi connectivity index (χ4v) is 2.68. The van der Waals surface area contributed by atoms with Crippen LogP contribution in [0.15, 0.2) is 60.7 Å². The Morgan fingerprint density at radius 3 is 1.57 bits per heavy atom. The lowest BCUT2D eigenvalue weighted by atomic mass is 10.2. The van der Waals surface area contributed by atoms with Gasteiger partial charge in [-0.05, 0) is 34.7 Å². The molecule has 0 aromatic heterocycles. The van der Waals surface area contributed by atoms with E-state index in [2.05, 4.69) is 0 Å². The number of carbonyl (C=O) groups excluding carboxylic acids is 2. The van der Waals surface area contributed by atoms with Crippen LogP contribution in [0.25, 0.3) is 0 Å². The molecule has 0 unspecified atom stereocenters. The molecule has 0 aliphatic heterocycles. The van der Waals surface area contributed by atoms with Crippen LogP contribution in [0.3, 0.4) is 0 Å². The summed E-state index contributed by atoms with van der Waals surface area (Å²) in [4.78, 5) is 23.3. The van der Waals surface area contributed by atoms with Crippen molar-refractivity contribution in [1.29, 1.82) is 0 Å². The van der Waals surface area contributed by atoms with E-state index in [1.54, 1.807) is 0 Å². The van der Waals surface area contributed by atoms with E-state index >= 15 is 0 Å². The van der Waals surface area contributed by atoms with Crippen molar-refractivity contribution in [1.82, 2.24) is 0 Å². The molecule has 6 heteroatoms. The summed E-state index contributed by atoms with van der Waals surface area (Å²) >= 11 is 1.27. The van der Waals surface area contributed by atoms with Crippen LogP contribution < -0.4 is 0 Å². The van der Waals surface area contributed by atoms with E-state index < -0.39 is 15.7 Å². The maximum absolute atomic E-state index is 11.6. The highest BCUT2D eigenvalue weighted by Crippen LogP contribution is 2.18. The third-order valence-corrected chi connectivity index (χ3v) is 4.08. The van der Waals surface area contributed by atoms with Crippen molar-refractivity contribution in [3.05, 3.63) is 71.8 Å². The summed E-state index contributed by atoms with van der Waals surface area (Å²) in [6.45, 7) is 0.283. The zero-order valence-corrected chi connectivity index (χ0v) is 13.8. The Hall–Kier alpha value is -1.92. The first kappa shape index (κ1) is 16.0. The van der Waals surface area contributed by atoms with Gasteiger partial charge in [0.2, 0.25) is 0 Å². The van der Waals surface area contributed by atoms with E-state index in [4.69, 9.17) is 10.8 Å². The van der Waals surface area contributed by atoms with Crippen molar-refractivity contribution < 1.29 is 20.4 Å². The third-order valence-electron chi connectivity index (χ3n) is 2.69. The molecule has 0 aliphatic carbocycles.